The van der Waals surface area contributed by atoms with Crippen molar-refractivity contribution in [3.8, 4) is 0 Å². The lowest BCUT2D eigenvalue weighted by atomic mass is 10.1. The number of hydrogen-bond donors (Lipinski definition) is 1. The van der Waals surface area contributed by atoms with Crippen LogP contribution in [0.15, 0.2) is 30.3 Å². The molecule has 5 nitrogen and oxygen atoms in total. The molecule has 5 heteroatoms. The van der Waals surface area contributed by atoms with E-state index >= 15 is 0 Å². The first-order valence-electron chi connectivity index (χ1n) is 6.89. The molecular weight excluding hydrogens is 266 g/mol. The van der Waals surface area contributed by atoms with Gasteiger partial charge in [0.05, 0.1) is 17.7 Å². The van der Waals surface area contributed by atoms with Gasteiger partial charge in [0.2, 0.25) is 0 Å². The molecule has 1 atom stereocenters. The maximum atomic E-state index is 12.7. The Morgan fingerprint density at radius 1 is 1.43 bits per heavy atom. The zero-order valence-electron chi connectivity index (χ0n) is 12.7. The van der Waals surface area contributed by atoms with E-state index in [1.807, 2.05) is 37.3 Å². The highest BCUT2D eigenvalue weighted by molar-refractivity contribution is 6.06. The smallest absolute Gasteiger partial charge is 0.254 e. The van der Waals surface area contributed by atoms with E-state index in [1.165, 1.54) is 0 Å². The average Bonchev–Trinajstić information content (AvgIpc) is 2.45. The van der Waals surface area contributed by atoms with E-state index in [4.69, 9.17) is 10.5 Å². The Morgan fingerprint density at radius 3 is 2.86 bits per heavy atom. The van der Waals surface area contributed by atoms with Crippen molar-refractivity contribution in [3.63, 3.8) is 0 Å². The maximum absolute atomic E-state index is 12.7. The van der Waals surface area contributed by atoms with E-state index in [0.29, 0.717) is 18.7 Å². The summed E-state index contributed by atoms with van der Waals surface area (Å²) in [4.78, 5) is 18.7. The van der Waals surface area contributed by atoms with E-state index in [1.54, 1.807) is 19.1 Å². The SMILES string of the molecule is COCC(N)CN(C)C(=O)c1cc(C)nc2ccccc12. The average molecular weight is 287 g/mol. The molecule has 0 radical (unpaired) electrons. The molecule has 1 heterocycles. The van der Waals surface area contributed by atoms with Crippen LogP contribution in [-0.4, -0.2) is 49.1 Å². The zero-order chi connectivity index (χ0) is 15.4. The van der Waals surface area contributed by atoms with Crippen LogP contribution in [0.3, 0.4) is 0 Å². The first-order valence-corrected chi connectivity index (χ1v) is 6.89. The second-order valence-electron chi connectivity index (χ2n) is 5.23. The monoisotopic (exact) mass is 287 g/mol. The van der Waals surface area contributed by atoms with Crippen LogP contribution >= 0.6 is 0 Å². The summed E-state index contributed by atoms with van der Waals surface area (Å²) in [6.07, 6.45) is 0. The predicted molar refractivity (Wildman–Crippen MR) is 83.3 cm³/mol. The summed E-state index contributed by atoms with van der Waals surface area (Å²) in [7, 11) is 3.35. The molecule has 0 saturated heterocycles. The van der Waals surface area contributed by atoms with Gasteiger partial charge in [-0.05, 0) is 19.1 Å². The van der Waals surface area contributed by atoms with Gasteiger partial charge in [-0.15, -0.1) is 0 Å². The van der Waals surface area contributed by atoms with E-state index in [0.717, 1.165) is 16.6 Å². The Morgan fingerprint density at radius 2 is 2.14 bits per heavy atom. The molecule has 2 rings (SSSR count). The summed E-state index contributed by atoms with van der Waals surface area (Å²) < 4.78 is 5.01. The molecule has 0 aliphatic heterocycles. The molecule has 0 spiro atoms. The molecule has 2 aromatic rings. The third-order valence-corrected chi connectivity index (χ3v) is 3.31. The molecule has 112 valence electrons. The summed E-state index contributed by atoms with van der Waals surface area (Å²) in [5, 5.41) is 0.861. The van der Waals surface area contributed by atoms with Crippen molar-refractivity contribution in [2.75, 3.05) is 27.3 Å². The summed E-state index contributed by atoms with van der Waals surface area (Å²) in [5.74, 6) is -0.0525. The molecule has 0 aliphatic rings. The van der Waals surface area contributed by atoms with Gasteiger partial charge in [0.1, 0.15) is 0 Å². The Balaban J connectivity index is 2.30. The van der Waals surface area contributed by atoms with Crippen molar-refractivity contribution in [1.82, 2.24) is 9.88 Å². The van der Waals surface area contributed by atoms with Crippen LogP contribution in [0, 0.1) is 6.92 Å². The molecular formula is C16H21N3O2. The second-order valence-corrected chi connectivity index (χ2v) is 5.23. The Bertz CT molecular complexity index is 642. The van der Waals surface area contributed by atoms with Crippen LogP contribution in [0.2, 0.25) is 0 Å². The molecule has 1 amide bonds. The molecule has 1 aromatic heterocycles. The fourth-order valence-electron chi connectivity index (χ4n) is 2.39. The number of nitrogens with zero attached hydrogens (tertiary/aromatic N) is 2. The number of likely N-dealkylation sites (N-methyl/N-ethyl adjacent to an activating group) is 1. The molecule has 0 bridgehead atoms. The van der Waals surface area contributed by atoms with Gasteiger partial charge in [-0.1, -0.05) is 18.2 Å². The van der Waals surface area contributed by atoms with Crippen LogP contribution in [-0.2, 0) is 4.74 Å². The standard InChI is InChI=1S/C16H21N3O2/c1-11-8-14(13-6-4-5-7-15(13)18-11)16(20)19(2)9-12(17)10-21-3/h4-8,12H,9-10,17H2,1-3H3. The van der Waals surface area contributed by atoms with Crippen LogP contribution in [0.25, 0.3) is 10.9 Å². The fraction of sp³-hybridized carbons (Fsp3) is 0.375. The first-order chi connectivity index (χ1) is 10.0. The van der Waals surface area contributed by atoms with Gasteiger partial charge in [0.15, 0.2) is 0 Å². The van der Waals surface area contributed by atoms with Crippen LogP contribution in [0.4, 0.5) is 0 Å². The number of ether oxygens (including phenoxy) is 1. The highest BCUT2D eigenvalue weighted by Crippen LogP contribution is 2.19. The summed E-state index contributed by atoms with van der Waals surface area (Å²) >= 11 is 0. The second kappa shape index (κ2) is 6.65. The van der Waals surface area contributed by atoms with E-state index in [9.17, 15) is 4.79 Å². The van der Waals surface area contributed by atoms with Crippen LogP contribution in [0.1, 0.15) is 16.1 Å². The normalized spacial score (nSPS) is 12.4. The summed E-state index contributed by atoms with van der Waals surface area (Å²) in [6.45, 7) is 2.76. The summed E-state index contributed by atoms with van der Waals surface area (Å²) in [5.41, 5.74) is 8.22. The van der Waals surface area contributed by atoms with Gasteiger partial charge in [0.25, 0.3) is 5.91 Å². The van der Waals surface area contributed by atoms with Gasteiger partial charge in [-0.3, -0.25) is 9.78 Å². The molecule has 0 fully saturated rings. The first kappa shape index (κ1) is 15.4. The fourth-order valence-corrected chi connectivity index (χ4v) is 2.39. The van der Waals surface area contributed by atoms with Gasteiger partial charge in [-0.2, -0.15) is 0 Å². The lowest BCUT2D eigenvalue weighted by Gasteiger charge is -2.22. The van der Waals surface area contributed by atoms with Crippen molar-refractivity contribution in [3.05, 3.63) is 41.6 Å². The number of benzene rings is 1. The van der Waals surface area contributed by atoms with Gasteiger partial charge in [0, 0.05) is 37.8 Å². The number of pyridine rings is 1. The van der Waals surface area contributed by atoms with Crippen molar-refractivity contribution >= 4 is 16.8 Å². The van der Waals surface area contributed by atoms with Crippen molar-refractivity contribution in [1.29, 1.82) is 0 Å². The third kappa shape index (κ3) is 3.56. The highest BCUT2D eigenvalue weighted by atomic mass is 16.5. The molecule has 21 heavy (non-hydrogen) atoms. The van der Waals surface area contributed by atoms with Crippen LogP contribution < -0.4 is 5.73 Å². The highest BCUT2D eigenvalue weighted by Gasteiger charge is 2.17. The maximum Gasteiger partial charge on any atom is 0.254 e. The molecule has 1 aromatic carbocycles. The molecule has 1 unspecified atom stereocenters. The number of rotatable bonds is 5. The van der Waals surface area contributed by atoms with Crippen LogP contribution in [0.5, 0.6) is 0 Å². The molecule has 0 aliphatic carbocycles. The zero-order valence-corrected chi connectivity index (χ0v) is 12.7. The quantitative estimate of drug-likeness (QED) is 0.906. The minimum absolute atomic E-state index is 0.0525. The van der Waals surface area contributed by atoms with Crippen molar-refractivity contribution < 1.29 is 9.53 Å². The number of fused-ring (bicyclic) bond motifs is 1. The van der Waals surface area contributed by atoms with E-state index < -0.39 is 0 Å². The number of para-hydroxylation sites is 1. The number of carbonyl (C=O) groups is 1. The van der Waals surface area contributed by atoms with E-state index in [-0.39, 0.29) is 11.9 Å². The number of amides is 1. The topological polar surface area (TPSA) is 68.5 Å². The summed E-state index contributed by atoms with van der Waals surface area (Å²) in [6, 6.07) is 9.28. The number of carbonyl (C=O) groups excluding carboxylic acids is 1. The number of hydrogen-bond acceptors (Lipinski definition) is 4. The minimum Gasteiger partial charge on any atom is -0.383 e. The molecule has 2 N–H and O–H groups in total. The third-order valence-electron chi connectivity index (χ3n) is 3.31. The van der Waals surface area contributed by atoms with Crippen molar-refractivity contribution in [2.45, 2.75) is 13.0 Å². The lowest BCUT2D eigenvalue weighted by molar-refractivity contribution is 0.0766. The van der Waals surface area contributed by atoms with Gasteiger partial charge >= 0.3 is 0 Å². The number of aromatic nitrogens is 1. The number of methoxy groups -OCH3 is 1. The van der Waals surface area contributed by atoms with Gasteiger partial charge < -0.3 is 15.4 Å². The number of nitrogens with two attached hydrogens (primary N) is 1. The molecule has 0 saturated carbocycles. The Kier molecular flexibility index (Phi) is 4.88. The lowest BCUT2D eigenvalue weighted by Crippen LogP contribution is -2.41. The predicted octanol–water partition coefficient (Wildman–Crippen LogP) is 1.59. The number of aryl methyl sites for hydroxylation is 1. The van der Waals surface area contributed by atoms with Crippen molar-refractivity contribution in [2.24, 2.45) is 5.73 Å². The largest absolute Gasteiger partial charge is 0.383 e. The van der Waals surface area contributed by atoms with Gasteiger partial charge in [-0.25, -0.2) is 0 Å². The Labute approximate surface area is 124 Å². The Hall–Kier alpha value is -1.98. The van der Waals surface area contributed by atoms with E-state index in [2.05, 4.69) is 4.98 Å². The minimum atomic E-state index is -0.196.